The number of carbonyl (C=O) groups excluding carboxylic acids is 2. The summed E-state index contributed by atoms with van der Waals surface area (Å²) in [5.41, 5.74) is 1.35. The summed E-state index contributed by atoms with van der Waals surface area (Å²) < 4.78 is 31.8. The van der Waals surface area contributed by atoms with Gasteiger partial charge < -0.3 is 15.4 Å². The fourth-order valence-electron chi connectivity index (χ4n) is 3.19. The van der Waals surface area contributed by atoms with Crippen LogP contribution in [-0.2, 0) is 19.6 Å². The third-order valence-corrected chi connectivity index (χ3v) is 6.81. The molecule has 1 saturated heterocycles. The summed E-state index contributed by atoms with van der Waals surface area (Å²) in [5, 5.41) is 5.54. The molecule has 1 aliphatic heterocycles. The van der Waals surface area contributed by atoms with E-state index in [-0.39, 0.29) is 4.90 Å². The molecule has 0 saturated carbocycles. The van der Waals surface area contributed by atoms with Crippen molar-refractivity contribution in [2.45, 2.75) is 30.8 Å². The molecule has 1 heterocycles. The summed E-state index contributed by atoms with van der Waals surface area (Å²) in [6, 6.07) is 12.8. The number of nitrogens with one attached hydrogen (secondary N) is 2. The molecule has 160 valence electrons. The Bertz CT molecular complexity index is 1020. The van der Waals surface area contributed by atoms with Crippen LogP contribution >= 0.6 is 0 Å². The molecule has 0 aliphatic carbocycles. The van der Waals surface area contributed by atoms with Crippen molar-refractivity contribution in [2.24, 2.45) is 0 Å². The number of amides is 1. The van der Waals surface area contributed by atoms with E-state index in [0.29, 0.717) is 30.0 Å². The average Bonchev–Trinajstić information content (AvgIpc) is 3.30. The van der Waals surface area contributed by atoms with E-state index in [4.69, 9.17) is 4.74 Å². The molecule has 9 heteroatoms. The van der Waals surface area contributed by atoms with Gasteiger partial charge in [0.25, 0.3) is 5.91 Å². The van der Waals surface area contributed by atoms with Crippen LogP contribution in [0.25, 0.3) is 0 Å². The van der Waals surface area contributed by atoms with E-state index in [1.165, 1.54) is 35.5 Å². The summed E-state index contributed by atoms with van der Waals surface area (Å²) in [6.45, 7) is 2.53. The minimum Gasteiger partial charge on any atom is -0.449 e. The average molecular weight is 432 g/mol. The van der Waals surface area contributed by atoms with Crippen LogP contribution in [0, 0.1) is 0 Å². The van der Waals surface area contributed by atoms with Gasteiger partial charge in [0.05, 0.1) is 10.5 Å². The van der Waals surface area contributed by atoms with E-state index in [9.17, 15) is 18.0 Å². The van der Waals surface area contributed by atoms with Crippen LogP contribution in [0.3, 0.4) is 0 Å². The molecule has 1 aliphatic rings. The molecule has 1 amide bonds. The number of rotatable bonds is 7. The second kappa shape index (κ2) is 9.27. The van der Waals surface area contributed by atoms with Crippen LogP contribution in [0.4, 0.5) is 11.4 Å². The van der Waals surface area contributed by atoms with Crippen molar-refractivity contribution in [3.05, 3.63) is 54.1 Å². The Hall–Kier alpha value is -2.91. The summed E-state index contributed by atoms with van der Waals surface area (Å²) in [5.74, 6) is -1.13. The van der Waals surface area contributed by atoms with Crippen molar-refractivity contribution in [3.8, 4) is 0 Å². The highest BCUT2D eigenvalue weighted by Crippen LogP contribution is 2.22. The summed E-state index contributed by atoms with van der Waals surface area (Å²) >= 11 is 0. The van der Waals surface area contributed by atoms with Gasteiger partial charge in [-0.1, -0.05) is 12.1 Å². The molecule has 3 rings (SSSR count). The molecular formula is C21H25N3O5S. The number of para-hydroxylation sites is 1. The standard InChI is InChI=1S/C21H25N3O5S/c1-15(29-21(26)18-7-3-4-8-19(18)22-2)20(25)23-16-9-11-17(12-10-16)30(27,28)24-13-5-6-14-24/h3-4,7-12,15,22H,5-6,13-14H2,1-2H3,(H,23,25)/t15-/m1/s1. The highest BCUT2D eigenvalue weighted by Gasteiger charge is 2.27. The fraction of sp³-hybridized carbons (Fsp3) is 0.333. The zero-order valence-corrected chi connectivity index (χ0v) is 17.7. The first kappa shape index (κ1) is 21.8. The van der Waals surface area contributed by atoms with Gasteiger partial charge in [-0.3, -0.25) is 4.79 Å². The molecular weight excluding hydrogens is 406 g/mol. The minimum atomic E-state index is -3.51. The van der Waals surface area contributed by atoms with Gasteiger partial charge in [-0.25, -0.2) is 13.2 Å². The maximum atomic E-state index is 12.6. The third kappa shape index (κ3) is 4.80. The fourth-order valence-corrected chi connectivity index (χ4v) is 4.71. The Morgan fingerprint density at radius 1 is 1.03 bits per heavy atom. The normalized spacial score (nSPS) is 15.4. The number of hydrogen-bond donors (Lipinski definition) is 2. The van der Waals surface area contributed by atoms with E-state index in [2.05, 4.69) is 10.6 Å². The monoisotopic (exact) mass is 431 g/mol. The lowest BCUT2D eigenvalue weighted by Crippen LogP contribution is -2.30. The molecule has 2 N–H and O–H groups in total. The second-order valence-electron chi connectivity index (χ2n) is 6.97. The predicted molar refractivity (Wildman–Crippen MR) is 114 cm³/mol. The quantitative estimate of drug-likeness (QED) is 0.653. The molecule has 1 atom stereocenters. The first-order chi connectivity index (χ1) is 14.3. The SMILES string of the molecule is CNc1ccccc1C(=O)O[C@H](C)C(=O)Nc1ccc(S(=O)(=O)N2CCCC2)cc1. The van der Waals surface area contributed by atoms with Gasteiger partial charge in [-0.15, -0.1) is 0 Å². The lowest BCUT2D eigenvalue weighted by Gasteiger charge is -2.17. The van der Waals surface area contributed by atoms with E-state index >= 15 is 0 Å². The lowest BCUT2D eigenvalue weighted by molar-refractivity contribution is -0.123. The number of nitrogens with zero attached hydrogens (tertiary/aromatic N) is 1. The smallest absolute Gasteiger partial charge is 0.341 e. The van der Waals surface area contributed by atoms with Crippen molar-refractivity contribution in [2.75, 3.05) is 30.8 Å². The minimum absolute atomic E-state index is 0.186. The van der Waals surface area contributed by atoms with Gasteiger partial charge >= 0.3 is 5.97 Å². The Balaban J connectivity index is 1.62. The van der Waals surface area contributed by atoms with E-state index < -0.39 is 28.0 Å². The lowest BCUT2D eigenvalue weighted by atomic mass is 10.2. The molecule has 0 bridgehead atoms. The highest BCUT2D eigenvalue weighted by atomic mass is 32.2. The number of sulfonamides is 1. The van der Waals surface area contributed by atoms with Gasteiger partial charge in [0.1, 0.15) is 0 Å². The van der Waals surface area contributed by atoms with Crippen molar-refractivity contribution < 1.29 is 22.7 Å². The Morgan fingerprint density at radius 2 is 1.67 bits per heavy atom. The van der Waals surface area contributed by atoms with Gasteiger partial charge in [0.2, 0.25) is 10.0 Å². The molecule has 0 unspecified atom stereocenters. The van der Waals surface area contributed by atoms with Crippen LogP contribution in [0.1, 0.15) is 30.1 Å². The largest absolute Gasteiger partial charge is 0.449 e. The number of carbonyl (C=O) groups is 2. The molecule has 0 radical (unpaired) electrons. The van der Waals surface area contributed by atoms with Crippen LogP contribution in [0.2, 0.25) is 0 Å². The first-order valence-corrected chi connectivity index (χ1v) is 11.2. The van der Waals surface area contributed by atoms with Gasteiger partial charge in [-0.2, -0.15) is 4.31 Å². The number of esters is 1. The van der Waals surface area contributed by atoms with Crippen LogP contribution in [0.15, 0.2) is 53.4 Å². The molecule has 2 aromatic carbocycles. The molecule has 0 aromatic heterocycles. The van der Waals surface area contributed by atoms with E-state index in [1.807, 2.05) is 0 Å². The van der Waals surface area contributed by atoms with Crippen LogP contribution in [-0.4, -0.2) is 50.8 Å². The summed E-state index contributed by atoms with van der Waals surface area (Å²) in [6.07, 6.45) is 0.696. The number of anilines is 2. The molecule has 2 aromatic rings. The third-order valence-electron chi connectivity index (χ3n) is 4.89. The predicted octanol–water partition coefficient (Wildman–Crippen LogP) is 2.70. The Morgan fingerprint density at radius 3 is 2.30 bits per heavy atom. The molecule has 8 nitrogen and oxygen atoms in total. The number of hydrogen-bond acceptors (Lipinski definition) is 6. The zero-order chi connectivity index (χ0) is 21.7. The first-order valence-electron chi connectivity index (χ1n) is 9.72. The van der Waals surface area contributed by atoms with Crippen molar-refractivity contribution in [1.82, 2.24) is 4.31 Å². The van der Waals surface area contributed by atoms with Gasteiger partial charge in [0.15, 0.2) is 6.10 Å². The van der Waals surface area contributed by atoms with Crippen LogP contribution < -0.4 is 10.6 Å². The summed E-state index contributed by atoms with van der Waals surface area (Å²) in [4.78, 5) is 24.9. The van der Waals surface area contributed by atoms with Crippen LogP contribution in [0.5, 0.6) is 0 Å². The Labute approximate surface area is 176 Å². The van der Waals surface area contributed by atoms with Crippen molar-refractivity contribution >= 4 is 33.3 Å². The number of benzene rings is 2. The molecule has 30 heavy (non-hydrogen) atoms. The van der Waals surface area contributed by atoms with E-state index in [0.717, 1.165) is 12.8 Å². The maximum absolute atomic E-state index is 12.6. The topological polar surface area (TPSA) is 105 Å². The molecule has 1 fully saturated rings. The van der Waals surface area contributed by atoms with Gasteiger partial charge in [0, 0.05) is 31.5 Å². The zero-order valence-electron chi connectivity index (χ0n) is 16.9. The second-order valence-corrected chi connectivity index (χ2v) is 8.91. The Kier molecular flexibility index (Phi) is 6.73. The van der Waals surface area contributed by atoms with Crippen molar-refractivity contribution in [1.29, 1.82) is 0 Å². The van der Waals surface area contributed by atoms with Crippen molar-refractivity contribution in [3.63, 3.8) is 0 Å². The maximum Gasteiger partial charge on any atom is 0.341 e. The van der Waals surface area contributed by atoms with E-state index in [1.54, 1.807) is 31.3 Å². The number of ether oxygens (including phenoxy) is 1. The highest BCUT2D eigenvalue weighted by molar-refractivity contribution is 7.89. The molecule has 0 spiro atoms. The summed E-state index contributed by atoms with van der Waals surface area (Å²) in [7, 11) is -1.82. The van der Waals surface area contributed by atoms with Gasteiger partial charge in [-0.05, 0) is 56.2 Å².